The maximum Gasteiger partial charge on any atom is 0.266 e. The Bertz CT molecular complexity index is 1290. The van der Waals surface area contributed by atoms with E-state index >= 15 is 0 Å². The van der Waals surface area contributed by atoms with Gasteiger partial charge in [0.1, 0.15) is 0 Å². The van der Waals surface area contributed by atoms with Crippen LogP contribution in [0.3, 0.4) is 0 Å². The quantitative estimate of drug-likeness (QED) is 0.286. The average Bonchev–Trinajstić information content (AvgIpc) is 3.21. The van der Waals surface area contributed by atoms with Crippen LogP contribution in [0.4, 0.5) is 0 Å². The first-order chi connectivity index (χ1) is 14.1. The first-order valence-corrected chi connectivity index (χ1v) is 10.9. The Morgan fingerprint density at radius 2 is 1.76 bits per heavy atom. The summed E-state index contributed by atoms with van der Waals surface area (Å²) in [4.78, 5) is 34.8. The van der Waals surface area contributed by atoms with Crippen LogP contribution in [0.15, 0.2) is 45.3 Å². The topological polar surface area (TPSA) is 98.5 Å². The molecule has 0 radical (unpaired) electrons. The summed E-state index contributed by atoms with van der Waals surface area (Å²) in [6.07, 6.45) is 9.62. The Morgan fingerprint density at radius 1 is 1.00 bits per heavy atom. The van der Waals surface area contributed by atoms with Gasteiger partial charge in [-0.3, -0.25) is 14.2 Å². The van der Waals surface area contributed by atoms with Crippen molar-refractivity contribution in [3.63, 3.8) is 0 Å². The zero-order valence-corrected chi connectivity index (χ0v) is 17.2. The van der Waals surface area contributed by atoms with Crippen molar-refractivity contribution in [3.8, 4) is 5.95 Å². The van der Waals surface area contributed by atoms with Crippen LogP contribution in [-0.2, 0) is 6.54 Å². The molecule has 150 valence electrons. The fraction of sp³-hybridized carbons (Fsp3) is 0.350. The van der Waals surface area contributed by atoms with Crippen molar-refractivity contribution >= 4 is 33.6 Å². The highest BCUT2D eigenvalue weighted by molar-refractivity contribution is 7.98. The molecule has 0 aliphatic heterocycles. The van der Waals surface area contributed by atoms with E-state index in [2.05, 4.69) is 27.1 Å². The number of aromatic amines is 1. The van der Waals surface area contributed by atoms with Crippen LogP contribution in [-0.4, -0.2) is 35.6 Å². The minimum absolute atomic E-state index is 0.118. The number of rotatable bonds is 7. The van der Waals surface area contributed by atoms with E-state index in [4.69, 9.17) is 0 Å². The van der Waals surface area contributed by atoms with Gasteiger partial charge in [0.25, 0.3) is 11.1 Å². The maximum absolute atomic E-state index is 13.0. The number of hydrogen-bond donors (Lipinski definition) is 1. The Morgan fingerprint density at radius 3 is 2.48 bits per heavy atom. The van der Waals surface area contributed by atoms with Crippen molar-refractivity contribution in [2.24, 2.45) is 0 Å². The van der Waals surface area contributed by atoms with Crippen LogP contribution in [0.1, 0.15) is 32.6 Å². The van der Waals surface area contributed by atoms with Crippen LogP contribution in [0.2, 0.25) is 0 Å². The number of fused-ring (bicyclic) bond motifs is 2. The Labute approximate surface area is 171 Å². The van der Waals surface area contributed by atoms with Crippen LogP contribution in [0, 0.1) is 0 Å². The minimum Gasteiger partial charge on any atom is -0.315 e. The lowest BCUT2D eigenvalue weighted by atomic mass is 10.1. The van der Waals surface area contributed by atoms with Gasteiger partial charge in [-0.2, -0.15) is 4.98 Å². The number of H-pyrrole nitrogens is 1. The highest BCUT2D eigenvalue weighted by Gasteiger charge is 2.12. The van der Waals surface area contributed by atoms with Gasteiger partial charge < -0.3 is 4.57 Å². The van der Waals surface area contributed by atoms with Crippen molar-refractivity contribution in [1.82, 2.24) is 29.3 Å². The molecule has 0 fully saturated rings. The van der Waals surface area contributed by atoms with E-state index in [0.717, 1.165) is 25.7 Å². The fourth-order valence-electron chi connectivity index (χ4n) is 3.35. The molecule has 9 heteroatoms. The van der Waals surface area contributed by atoms with Crippen molar-refractivity contribution in [2.75, 3.05) is 6.26 Å². The highest BCUT2D eigenvalue weighted by atomic mass is 32.2. The zero-order valence-electron chi connectivity index (χ0n) is 16.4. The fourth-order valence-corrected chi connectivity index (χ4v) is 3.67. The first-order valence-electron chi connectivity index (χ1n) is 9.64. The van der Waals surface area contributed by atoms with Gasteiger partial charge in [0.15, 0.2) is 0 Å². The van der Waals surface area contributed by atoms with Gasteiger partial charge in [-0.15, -0.1) is 5.10 Å². The van der Waals surface area contributed by atoms with Crippen LogP contribution < -0.4 is 11.1 Å². The van der Waals surface area contributed by atoms with E-state index in [1.54, 1.807) is 29.1 Å². The molecule has 0 bridgehead atoms. The monoisotopic (exact) mass is 410 g/mol. The second-order valence-corrected chi connectivity index (χ2v) is 7.64. The third-order valence-corrected chi connectivity index (χ3v) is 5.48. The summed E-state index contributed by atoms with van der Waals surface area (Å²) in [7, 11) is 0. The summed E-state index contributed by atoms with van der Waals surface area (Å²) in [5, 5.41) is 8.19. The molecule has 8 nitrogen and oxygen atoms in total. The standard InChI is InChI=1S/C20H22N6O2S/c1-3-4-5-6-9-25-10-7-15-13(17(25)27)12-14-16(21-15)8-11-26(18(14)28)19-22-20(29-2)24-23-19/h7-8,10-12H,3-6,9H2,1-2H3,(H,22,23,24). The molecule has 0 unspecified atom stereocenters. The average molecular weight is 411 g/mol. The van der Waals surface area contributed by atoms with E-state index in [1.807, 2.05) is 12.3 Å². The SMILES string of the molecule is CCCCCCn1ccc2nc3ccn(-c4nc(SC)n[nH]4)c(=O)c3cc2c1=O. The van der Waals surface area contributed by atoms with E-state index in [0.29, 0.717) is 39.5 Å². The zero-order chi connectivity index (χ0) is 20.4. The van der Waals surface area contributed by atoms with Gasteiger partial charge >= 0.3 is 0 Å². The second kappa shape index (κ2) is 8.20. The summed E-state index contributed by atoms with van der Waals surface area (Å²) in [5.74, 6) is 0.336. The third kappa shape index (κ3) is 3.69. The Hall–Kier alpha value is -2.94. The number of unbranched alkanes of at least 4 members (excludes halogenated alkanes) is 3. The summed E-state index contributed by atoms with van der Waals surface area (Å²) >= 11 is 1.38. The third-order valence-electron chi connectivity index (χ3n) is 4.93. The molecular formula is C20H22N6O2S. The number of aryl methyl sites for hydroxylation is 1. The second-order valence-electron chi connectivity index (χ2n) is 6.87. The molecule has 4 rings (SSSR count). The molecule has 0 saturated heterocycles. The van der Waals surface area contributed by atoms with Gasteiger partial charge in [0.2, 0.25) is 11.1 Å². The lowest BCUT2D eigenvalue weighted by Crippen LogP contribution is -2.22. The van der Waals surface area contributed by atoms with E-state index in [1.165, 1.54) is 16.3 Å². The molecule has 0 aliphatic rings. The predicted molar refractivity (Wildman–Crippen MR) is 115 cm³/mol. The molecule has 1 N–H and O–H groups in total. The largest absolute Gasteiger partial charge is 0.315 e. The predicted octanol–water partition coefficient (Wildman–Crippen LogP) is 3.12. The van der Waals surface area contributed by atoms with Crippen molar-refractivity contribution in [3.05, 3.63) is 51.3 Å². The molecule has 4 heterocycles. The van der Waals surface area contributed by atoms with E-state index in [-0.39, 0.29) is 11.1 Å². The van der Waals surface area contributed by atoms with Crippen LogP contribution >= 0.6 is 11.8 Å². The number of hydrogen-bond acceptors (Lipinski definition) is 6. The van der Waals surface area contributed by atoms with Crippen molar-refractivity contribution in [2.45, 2.75) is 44.3 Å². The normalized spacial score (nSPS) is 11.5. The molecule has 4 aromatic rings. The summed E-state index contributed by atoms with van der Waals surface area (Å²) in [5.41, 5.74) is 0.725. The van der Waals surface area contributed by atoms with E-state index in [9.17, 15) is 9.59 Å². The lowest BCUT2D eigenvalue weighted by Gasteiger charge is -2.08. The molecule has 0 atom stereocenters. The van der Waals surface area contributed by atoms with Gasteiger partial charge in [-0.1, -0.05) is 37.9 Å². The van der Waals surface area contributed by atoms with Gasteiger partial charge in [0, 0.05) is 18.9 Å². The van der Waals surface area contributed by atoms with Crippen LogP contribution in [0.5, 0.6) is 0 Å². The molecular weight excluding hydrogens is 388 g/mol. The molecule has 0 aromatic carbocycles. The Kier molecular flexibility index (Phi) is 5.48. The summed E-state index contributed by atoms with van der Waals surface area (Å²) < 4.78 is 3.09. The number of nitrogens with one attached hydrogen (secondary N) is 1. The number of nitrogens with zero attached hydrogens (tertiary/aromatic N) is 5. The van der Waals surface area contributed by atoms with Crippen molar-refractivity contribution in [1.29, 1.82) is 0 Å². The maximum atomic E-state index is 13.0. The molecule has 29 heavy (non-hydrogen) atoms. The lowest BCUT2D eigenvalue weighted by molar-refractivity contribution is 0.573. The Balaban J connectivity index is 1.80. The molecule has 0 saturated carbocycles. The molecule has 0 aliphatic carbocycles. The number of aromatic nitrogens is 6. The molecule has 4 aromatic heterocycles. The smallest absolute Gasteiger partial charge is 0.266 e. The summed E-state index contributed by atoms with van der Waals surface area (Å²) in [6, 6.07) is 5.23. The first kappa shape index (κ1) is 19.4. The molecule has 0 amide bonds. The van der Waals surface area contributed by atoms with Crippen molar-refractivity contribution < 1.29 is 0 Å². The van der Waals surface area contributed by atoms with Crippen LogP contribution in [0.25, 0.3) is 27.8 Å². The van der Waals surface area contributed by atoms with Gasteiger partial charge in [-0.25, -0.2) is 10.1 Å². The van der Waals surface area contributed by atoms with Gasteiger partial charge in [0.05, 0.1) is 21.8 Å². The molecule has 0 spiro atoms. The van der Waals surface area contributed by atoms with E-state index < -0.39 is 0 Å². The number of pyridine rings is 3. The van der Waals surface area contributed by atoms with Gasteiger partial charge in [-0.05, 0) is 30.9 Å². The number of thioether (sulfide) groups is 1. The minimum atomic E-state index is -0.293. The summed E-state index contributed by atoms with van der Waals surface area (Å²) in [6.45, 7) is 2.83. The highest BCUT2D eigenvalue weighted by Crippen LogP contribution is 2.16.